The van der Waals surface area contributed by atoms with Crippen LogP contribution >= 0.6 is 11.6 Å². The molecule has 1 aromatic heterocycles. The van der Waals surface area contributed by atoms with Crippen LogP contribution in [0.15, 0.2) is 17.5 Å². The van der Waals surface area contributed by atoms with Gasteiger partial charge in [-0.15, -0.1) is 0 Å². The number of alkyl halides is 1. The highest BCUT2D eigenvalue weighted by Crippen LogP contribution is 2.33. The molecule has 0 saturated carbocycles. The lowest BCUT2D eigenvalue weighted by atomic mass is 9.90. The summed E-state index contributed by atoms with van der Waals surface area (Å²) in [7, 11) is 0. The molecule has 0 radical (unpaired) electrons. The lowest BCUT2D eigenvalue weighted by molar-refractivity contribution is 0.185. The zero-order valence-corrected chi connectivity index (χ0v) is 13.4. The molecule has 110 valence electrons. The van der Waals surface area contributed by atoms with E-state index in [1.165, 1.54) is 0 Å². The molecule has 1 aliphatic rings. The van der Waals surface area contributed by atoms with Crippen molar-refractivity contribution in [1.29, 1.82) is 0 Å². The predicted molar refractivity (Wildman–Crippen MR) is 82.8 cm³/mol. The third-order valence-corrected chi connectivity index (χ3v) is 3.84. The van der Waals surface area contributed by atoms with Crippen molar-refractivity contribution in [3.05, 3.63) is 23.8 Å². The summed E-state index contributed by atoms with van der Waals surface area (Å²) in [6, 6.07) is 0.116. The van der Waals surface area contributed by atoms with Crippen LogP contribution in [0.2, 0.25) is 0 Å². The van der Waals surface area contributed by atoms with Gasteiger partial charge in [0.15, 0.2) is 0 Å². The highest BCUT2D eigenvalue weighted by Gasteiger charge is 2.29. The first kappa shape index (κ1) is 15.2. The molecule has 1 aliphatic heterocycles. The molecule has 2 heterocycles. The van der Waals surface area contributed by atoms with E-state index >= 15 is 0 Å². The normalized spacial score (nSPS) is 20.4. The first-order valence-corrected chi connectivity index (χ1v) is 7.54. The van der Waals surface area contributed by atoms with Crippen molar-refractivity contribution in [2.45, 2.75) is 58.5 Å². The summed E-state index contributed by atoms with van der Waals surface area (Å²) in [6.45, 7) is 8.62. The molecule has 2 unspecified atom stereocenters. The minimum Gasteiger partial charge on any atom is -0.270 e. The number of aromatic nitrogens is 2. The van der Waals surface area contributed by atoms with Gasteiger partial charge in [-0.1, -0.05) is 32.4 Å². The molecule has 0 saturated heterocycles. The van der Waals surface area contributed by atoms with Crippen LogP contribution in [0, 0.1) is 12.3 Å². The molecule has 1 aromatic rings. The van der Waals surface area contributed by atoms with Crippen molar-refractivity contribution in [2.24, 2.45) is 10.5 Å². The van der Waals surface area contributed by atoms with Crippen LogP contribution in [-0.2, 0) is 0 Å². The van der Waals surface area contributed by atoms with Gasteiger partial charge in [0, 0.05) is 18.8 Å². The van der Waals surface area contributed by atoms with E-state index in [0.29, 0.717) is 0 Å². The van der Waals surface area contributed by atoms with Crippen LogP contribution in [0.3, 0.4) is 0 Å². The van der Waals surface area contributed by atoms with Crippen molar-refractivity contribution >= 4 is 17.8 Å². The van der Waals surface area contributed by atoms with Crippen molar-refractivity contribution < 1.29 is 0 Å². The molecule has 5 heteroatoms. The van der Waals surface area contributed by atoms with Crippen LogP contribution < -0.4 is 0 Å². The van der Waals surface area contributed by atoms with E-state index in [4.69, 9.17) is 11.6 Å². The van der Waals surface area contributed by atoms with Crippen LogP contribution in [-0.4, -0.2) is 26.7 Å². The van der Waals surface area contributed by atoms with Gasteiger partial charge in [0.1, 0.15) is 5.50 Å². The Hall–Kier alpha value is -1.16. The minimum atomic E-state index is -0.0962. The van der Waals surface area contributed by atoms with Crippen molar-refractivity contribution in [3.8, 4) is 0 Å². The topological polar surface area (TPSA) is 41.4 Å². The number of nitrogens with zero attached hydrogens (tertiary/aromatic N) is 4. The number of aryl methyl sites for hydroxylation is 1. The summed E-state index contributed by atoms with van der Waals surface area (Å²) >= 11 is 6.53. The van der Waals surface area contributed by atoms with E-state index in [1.54, 1.807) is 6.20 Å². The second-order valence-electron chi connectivity index (χ2n) is 6.55. The van der Waals surface area contributed by atoms with Crippen molar-refractivity contribution in [3.63, 3.8) is 0 Å². The summed E-state index contributed by atoms with van der Waals surface area (Å²) in [4.78, 5) is 8.77. The van der Waals surface area contributed by atoms with E-state index in [-0.39, 0.29) is 17.0 Å². The molecule has 0 aromatic carbocycles. The lowest BCUT2D eigenvalue weighted by Gasteiger charge is -2.29. The molecule has 0 N–H and O–H groups in total. The Kier molecular flexibility index (Phi) is 4.63. The van der Waals surface area contributed by atoms with Gasteiger partial charge < -0.3 is 0 Å². The van der Waals surface area contributed by atoms with Crippen LogP contribution in [0.5, 0.6) is 0 Å². The summed E-state index contributed by atoms with van der Waals surface area (Å²) in [5.41, 5.74) is 2.06. The summed E-state index contributed by atoms with van der Waals surface area (Å²) < 4.78 is 0. The summed E-state index contributed by atoms with van der Waals surface area (Å²) in [5.74, 6) is 0. The molecule has 20 heavy (non-hydrogen) atoms. The Labute approximate surface area is 126 Å². The van der Waals surface area contributed by atoms with E-state index in [0.717, 1.165) is 30.7 Å². The SMILES string of the molecule is Cc1cnc(C2CC=NN2C(Cl)CCC(C)(C)C)cn1. The van der Waals surface area contributed by atoms with Crippen LogP contribution in [0.25, 0.3) is 0 Å². The molecule has 4 nitrogen and oxygen atoms in total. The molecule has 2 rings (SSSR count). The number of hydrogen-bond acceptors (Lipinski definition) is 4. The molecule has 0 bridgehead atoms. The predicted octanol–water partition coefficient (Wildman–Crippen LogP) is 3.91. The quantitative estimate of drug-likeness (QED) is 0.624. The van der Waals surface area contributed by atoms with Gasteiger partial charge in [-0.2, -0.15) is 5.10 Å². The van der Waals surface area contributed by atoms with E-state index in [2.05, 4.69) is 35.8 Å². The van der Waals surface area contributed by atoms with E-state index in [9.17, 15) is 0 Å². The van der Waals surface area contributed by atoms with Crippen molar-refractivity contribution in [1.82, 2.24) is 15.0 Å². The maximum absolute atomic E-state index is 6.53. The van der Waals surface area contributed by atoms with Gasteiger partial charge >= 0.3 is 0 Å². The largest absolute Gasteiger partial charge is 0.270 e. The monoisotopic (exact) mass is 294 g/mol. The summed E-state index contributed by atoms with van der Waals surface area (Å²) in [5, 5.41) is 6.39. The fourth-order valence-corrected chi connectivity index (χ4v) is 2.51. The Bertz CT molecular complexity index is 464. The highest BCUT2D eigenvalue weighted by atomic mass is 35.5. The fourth-order valence-electron chi connectivity index (χ4n) is 2.21. The van der Waals surface area contributed by atoms with Gasteiger partial charge in [-0.05, 0) is 25.2 Å². The standard InChI is InChI=1S/C15H23ClN4/c1-11-9-18-12(10-17-11)13-6-8-19-20(13)14(16)5-7-15(2,3)4/h8-10,13-14H,5-7H2,1-4H3. The molecule has 0 spiro atoms. The Balaban J connectivity index is 2.03. The lowest BCUT2D eigenvalue weighted by Crippen LogP contribution is -2.29. The molecule has 0 aliphatic carbocycles. The zero-order chi connectivity index (χ0) is 14.8. The smallest absolute Gasteiger partial charge is 0.121 e. The third-order valence-electron chi connectivity index (χ3n) is 3.42. The zero-order valence-electron chi connectivity index (χ0n) is 12.7. The van der Waals surface area contributed by atoms with Crippen LogP contribution in [0.1, 0.15) is 57.5 Å². The van der Waals surface area contributed by atoms with Crippen LogP contribution in [0.4, 0.5) is 0 Å². The Morgan fingerprint density at radius 1 is 1.35 bits per heavy atom. The van der Waals surface area contributed by atoms with Gasteiger partial charge in [-0.25, -0.2) is 0 Å². The average molecular weight is 295 g/mol. The molecular weight excluding hydrogens is 272 g/mol. The first-order chi connectivity index (χ1) is 9.37. The second kappa shape index (κ2) is 6.08. The van der Waals surface area contributed by atoms with Gasteiger partial charge in [0.25, 0.3) is 0 Å². The molecule has 2 atom stereocenters. The maximum atomic E-state index is 6.53. The van der Waals surface area contributed by atoms with Gasteiger partial charge in [0.05, 0.1) is 23.6 Å². The Morgan fingerprint density at radius 3 is 2.70 bits per heavy atom. The third kappa shape index (κ3) is 3.92. The van der Waals surface area contributed by atoms with E-state index < -0.39 is 0 Å². The number of hydrogen-bond donors (Lipinski definition) is 0. The first-order valence-electron chi connectivity index (χ1n) is 7.10. The number of rotatable bonds is 4. The van der Waals surface area contributed by atoms with E-state index in [1.807, 2.05) is 24.3 Å². The number of hydrazone groups is 1. The molecular formula is C15H23ClN4. The summed E-state index contributed by atoms with van der Waals surface area (Å²) in [6.07, 6.45) is 8.37. The van der Waals surface area contributed by atoms with Gasteiger partial charge in [-0.3, -0.25) is 15.0 Å². The fraction of sp³-hybridized carbons (Fsp3) is 0.667. The number of halogens is 1. The maximum Gasteiger partial charge on any atom is 0.121 e. The highest BCUT2D eigenvalue weighted by molar-refractivity contribution is 6.20. The molecule has 0 amide bonds. The minimum absolute atomic E-state index is 0.0962. The van der Waals surface area contributed by atoms with Crippen molar-refractivity contribution in [2.75, 3.05) is 0 Å². The molecule has 0 fully saturated rings. The average Bonchev–Trinajstić information content (AvgIpc) is 2.85. The second-order valence-corrected chi connectivity index (χ2v) is 7.05. The Morgan fingerprint density at radius 2 is 2.10 bits per heavy atom. The van der Waals surface area contributed by atoms with Gasteiger partial charge in [0.2, 0.25) is 0 Å².